The summed E-state index contributed by atoms with van der Waals surface area (Å²) in [6, 6.07) is 1.56. The molecule has 2 bridgehead atoms. The van der Waals surface area contributed by atoms with Crippen molar-refractivity contribution in [2.45, 2.75) is 71.4 Å². The molecule has 2 rings (SSSR count). The van der Waals surface area contributed by atoms with Gasteiger partial charge in [-0.3, -0.25) is 0 Å². The van der Waals surface area contributed by atoms with Gasteiger partial charge in [0, 0.05) is 25.2 Å². The molecule has 1 aliphatic heterocycles. The van der Waals surface area contributed by atoms with E-state index in [0.29, 0.717) is 0 Å². The zero-order valence-corrected chi connectivity index (χ0v) is 12.6. The van der Waals surface area contributed by atoms with E-state index in [4.69, 9.17) is 0 Å². The van der Waals surface area contributed by atoms with E-state index in [9.17, 15) is 0 Å². The SMILES string of the molecule is CCCCCNC1C2CCCC1CN(C(C)C)C2. The van der Waals surface area contributed by atoms with Crippen LogP contribution in [0.5, 0.6) is 0 Å². The van der Waals surface area contributed by atoms with Crippen molar-refractivity contribution in [3.05, 3.63) is 0 Å². The summed E-state index contributed by atoms with van der Waals surface area (Å²) < 4.78 is 0. The third kappa shape index (κ3) is 3.48. The van der Waals surface area contributed by atoms with Crippen molar-refractivity contribution in [1.29, 1.82) is 0 Å². The van der Waals surface area contributed by atoms with E-state index in [1.807, 2.05) is 0 Å². The van der Waals surface area contributed by atoms with Gasteiger partial charge in [-0.25, -0.2) is 0 Å². The maximum atomic E-state index is 3.89. The van der Waals surface area contributed by atoms with Crippen LogP contribution >= 0.6 is 0 Å². The minimum Gasteiger partial charge on any atom is -0.313 e. The molecule has 0 aromatic rings. The van der Waals surface area contributed by atoms with Crippen molar-refractivity contribution in [2.75, 3.05) is 19.6 Å². The fourth-order valence-corrected chi connectivity index (χ4v) is 3.87. The summed E-state index contributed by atoms with van der Waals surface area (Å²) in [7, 11) is 0. The summed E-state index contributed by atoms with van der Waals surface area (Å²) in [5, 5.41) is 3.89. The van der Waals surface area contributed by atoms with Gasteiger partial charge in [0.25, 0.3) is 0 Å². The van der Waals surface area contributed by atoms with Gasteiger partial charge in [-0.15, -0.1) is 0 Å². The highest BCUT2D eigenvalue weighted by atomic mass is 15.2. The smallest absolute Gasteiger partial charge is 0.0148 e. The zero-order valence-electron chi connectivity index (χ0n) is 12.6. The third-order valence-corrected chi connectivity index (χ3v) is 4.99. The van der Waals surface area contributed by atoms with Crippen LogP contribution in [0.25, 0.3) is 0 Å². The van der Waals surface area contributed by atoms with E-state index in [2.05, 4.69) is 31.0 Å². The van der Waals surface area contributed by atoms with Gasteiger partial charge in [-0.2, -0.15) is 0 Å². The Morgan fingerprint density at radius 3 is 2.33 bits per heavy atom. The fraction of sp³-hybridized carbons (Fsp3) is 1.00. The maximum absolute atomic E-state index is 3.89. The van der Waals surface area contributed by atoms with Crippen molar-refractivity contribution in [3.63, 3.8) is 0 Å². The van der Waals surface area contributed by atoms with Crippen LogP contribution in [0, 0.1) is 11.8 Å². The van der Waals surface area contributed by atoms with Crippen LogP contribution in [0.1, 0.15) is 59.3 Å². The largest absolute Gasteiger partial charge is 0.313 e. The van der Waals surface area contributed by atoms with Crippen LogP contribution in [-0.4, -0.2) is 36.6 Å². The standard InChI is InChI=1S/C16H32N2/c1-4-5-6-10-17-16-14-8-7-9-15(16)12-18(11-14)13(2)3/h13-17H,4-12H2,1-3H3. The average Bonchev–Trinajstić information content (AvgIpc) is 2.33. The number of unbranched alkanes of at least 4 members (excludes halogenated alkanes) is 2. The summed E-state index contributed by atoms with van der Waals surface area (Å²) in [4.78, 5) is 2.71. The van der Waals surface area contributed by atoms with Crippen LogP contribution < -0.4 is 5.32 Å². The first-order chi connectivity index (χ1) is 8.72. The lowest BCUT2D eigenvalue weighted by atomic mass is 9.73. The first kappa shape index (κ1) is 14.3. The Hall–Kier alpha value is -0.0800. The van der Waals surface area contributed by atoms with E-state index in [-0.39, 0.29) is 0 Å². The third-order valence-electron chi connectivity index (χ3n) is 4.99. The Kier molecular flexibility index (Phi) is 5.50. The van der Waals surface area contributed by atoms with Crippen molar-refractivity contribution in [2.24, 2.45) is 11.8 Å². The van der Waals surface area contributed by atoms with E-state index in [0.717, 1.165) is 23.9 Å². The second-order valence-corrected chi connectivity index (χ2v) is 6.69. The molecule has 1 aliphatic carbocycles. The highest BCUT2D eigenvalue weighted by Crippen LogP contribution is 2.35. The van der Waals surface area contributed by atoms with Crippen LogP contribution in [0.3, 0.4) is 0 Å². The molecule has 106 valence electrons. The topological polar surface area (TPSA) is 15.3 Å². The van der Waals surface area contributed by atoms with Gasteiger partial charge in [-0.05, 0) is 51.5 Å². The fourth-order valence-electron chi connectivity index (χ4n) is 3.87. The van der Waals surface area contributed by atoms with E-state index in [1.54, 1.807) is 0 Å². The Morgan fingerprint density at radius 2 is 1.78 bits per heavy atom. The van der Waals surface area contributed by atoms with Crippen molar-refractivity contribution >= 4 is 0 Å². The second-order valence-electron chi connectivity index (χ2n) is 6.69. The quantitative estimate of drug-likeness (QED) is 0.730. The molecule has 0 aromatic heterocycles. The van der Waals surface area contributed by atoms with Gasteiger partial charge in [0.1, 0.15) is 0 Å². The van der Waals surface area contributed by atoms with E-state index in [1.165, 1.54) is 58.2 Å². The predicted molar refractivity (Wildman–Crippen MR) is 78.9 cm³/mol. The van der Waals surface area contributed by atoms with Gasteiger partial charge in [0.05, 0.1) is 0 Å². The van der Waals surface area contributed by atoms with Gasteiger partial charge in [-0.1, -0.05) is 26.2 Å². The maximum Gasteiger partial charge on any atom is 0.0148 e. The van der Waals surface area contributed by atoms with Crippen molar-refractivity contribution in [3.8, 4) is 0 Å². The molecular formula is C16H32N2. The molecule has 2 heteroatoms. The Morgan fingerprint density at radius 1 is 1.11 bits per heavy atom. The minimum absolute atomic E-state index is 0.731. The molecule has 2 nitrogen and oxygen atoms in total. The Balaban J connectivity index is 1.84. The van der Waals surface area contributed by atoms with Gasteiger partial charge >= 0.3 is 0 Å². The van der Waals surface area contributed by atoms with Gasteiger partial charge in [0.15, 0.2) is 0 Å². The lowest BCUT2D eigenvalue weighted by Gasteiger charge is -2.49. The molecule has 0 aromatic carbocycles. The Bertz CT molecular complexity index is 225. The monoisotopic (exact) mass is 252 g/mol. The van der Waals surface area contributed by atoms with Crippen LogP contribution in [0.2, 0.25) is 0 Å². The summed E-state index contributed by atoms with van der Waals surface area (Å²) in [5.41, 5.74) is 0. The molecule has 2 aliphatic rings. The Labute approximate surface area is 114 Å². The first-order valence-corrected chi connectivity index (χ1v) is 8.19. The minimum atomic E-state index is 0.731. The van der Waals surface area contributed by atoms with Gasteiger partial charge < -0.3 is 10.2 Å². The summed E-state index contributed by atoms with van der Waals surface area (Å²) in [6.07, 6.45) is 8.44. The van der Waals surface area contributed by atoms with E-state index >= 15 is 0 Å². The zero-order chi connectivity index (χ0) is 13.0. The second kappa shape index (κ2) is 6.91. The molecule has 1 saturated carbocycles. The number of piperidine rings is 1. The number of fused-ring (bicyclic) bond motifs is 2. The molecule has 0 radical (unpaired) electrons. The number of hydrogen-bond acceptors (Lipinski definition) is 2. The molecule has 0 amide bonds. The van der Waals surface area contributed by atoms with Crippen LogP contribution in [-0.2, 0) is 0 Å². The number of hydrogen-bond donors (Lipinski definition) is 1. The molecule has 2 fully saturated rings. The number of nitrogens with one attached hydrogen (secondary N) is 1. The molecule has 1 saturated heterocycles. The molecule has 2 atom stereocenters. The van der Waals surface area contributed by atoms with E-state index < -0.39 is 0 Å². The molecule has 2 unspecified atom stereocenters. The lowest BCUT2D eigenvalue weighted by Crippen LogP contribution is -2.58. The highest BCUT2D eigenvalue weighted by molar-refractivity contribution is 4.95. The number of likely N-dealkylation sites (tertiary alicyclic amines) is 1. The molecular weight excluding hydrogens is 220 g/mol. The molecule has 1 N–H and O–H groups in total. The number of rotatable bonds is 6. The summed E-state index contributed by atoms with van der Waals surface area (Å²) in [5.74, 6) is 1.84. The normalized spacial score (nSPS) is 33.0. The molecule has 1 heterocycles. The van der Waals surface area contributed by atoms with Crippen molar-refractivity contribution < 1.29 is 0 Å². The molecule has 0 spiro atoms. The lowest BCUT2D eigenvalue weighted by molar-refractivity contribution is 0.0297. The van der Waals surface area contributed by atoms with Crippen LogP contribution in [0.4, 0.5) is 0 Å². The van der Waals surface area contributed by atoms with Crippen LogP contribution in [0.15, 0.2) is 0 Å². The highest BCUT2D eigenvalue weighted by Gasteiger charge is 2.39. The number of nitrogens with zero attached hydrogens (tertiary/aromatic N) is 1. The molecule has 18 heavy (non-hydrogen) atoms. The van der Waals surface area contributed by atoms with Crippen molar-refractivity contribution in [1.82, 2.24) is 10.2 Å². The summed E-state index contributed by atoms with van der Waals surface area (Å²) in [6.45, 7) is 10.9. The van der Waals surface area contributed by atoms with Gasteiger partial charge in [0.2, 0.25) is 0 Å². The average molecular weight is 252 g/mol. The summed E-state index contributed by atoms with van der Waals surface area (Å²) >= 11 is 0. The first-order valence-electron chi connectivity index (χ1n) is 8.19. The predicted octanol–water partition coefficient (Wildman–Crippen LogP) is 3.28.